The minimum Gasteiger partial charge on any atom is -0.399 e. The third-order valence-corrected chi connectivity index (χ3v) is 4.36. The molecule has 0 spiro atoms. The lowest BCUT2D eigenvalue weighted by atomic mass is 9.97. The largest absolute Gasteiger partial charge is 0.399 e. The Bertz CT molecular complexity index is 436. The van der Waals surface area contributed by atoms with E-state index in [4.69, 9.17) is 5.73 Å². The van der Waals surface area contributed by atoms with E-state index < -0.39 is 0 Å². The van der Waals surface area contributed by atoms with Gasteiger partial charge in [-0.2, -0.15) is 0 Å². The summed E-state index contributed by atoms with van der Waals surface area (Å²) in [5.74, 6) is 0.804. The number of anilines is 1. The fourth-order valence-electron chi connectivity index (χ4n) is 2.80. The third kappa shape index (κ3) is 5.38. The number of nitrogens with zero attached hydrogens (tertiary/aromatic N) is 1. The molecule has 1 amide bonds. The van der Waals surface area contributed by atoms with Crippen LogP contribution >= 0.6 is 0 Å². The van der Waals surface area contributed by atoms with Crippen LogP contribution in [0.2, 0.25) is 0 Å². The van der Waals surface area contributed by atoms with Gasteiger partial charge in [-0.1, -0.05) is 19.1 Å². The molecular weight excluding hydrogens is 262 g/mol. The van der Waals surface area contributed by atoms with Gasteiger partial charge in [0.2, 0.25) is 5.91 Å². The number of nitrogens with two attached hydrogens (primary N) is 1. The predicted octanol–water partition coefficient (Wildman–Crippen LogP) is 2.05. The molecule has 0 unspecified atom stereocenters. The molecule has 21 heavy (non-hydrogen) atoms. The van der Waals surface area contributed by atoms with Crippen molar-refractivity contribution in [1.29, 1.82) is 0 Å². The molecule has 4 nitrogen and oxygen atoms in total. The fourth-order valence-corrected chi connectivity index (χ4v) is 2.80. The first-order valence-electron chi connectivity index (χ1n) is 8.01. The van der Waals surface area contributed by atoms with E-state index in [-0.39, 0.29) is 5.91 Å². The number of piperidine rings is 1. The molecule has 0 radical (unpaired) electrons. The standard InChI is InChI=1S/C17H27N3O/c1-2-20-11-9-15(10-12-20)13-19-17(21)8-5-14-3-6-16(18)7-4-14/h3-4,6-7,15H,2,5,8-13,18H2,1H3,(H,19,21). The quantitative estimate of drug-likeness (QED) is 0.788. The van der Waals surface area contributed by atoms with Gasteiger partial charge in [-0.05, 0) is 62.5 Å². The second-order valence-corrected chi connectivity index (χ2v) is 5.92. The van der Waals surface area contributed by atoms with Crippen LogP contribution in [0.25, 0.3) is 0 Å². The summed E-state index contributed by atoms with van der Waals surface area (Å²) >= 11 is 0. The highest BCUT2D eigenvalue weighted by Crippen LogP contribution is 2.16. The van der Waals surface area contributed by atoms with Crippen molar-refractivity contribution in [1.82, 2.24) is 10.2 Å². The Hall–Kier alpha value is -1.55. The van der Waals surface area contributed by atoms with Crippen LogP contribution in [0, 0.1) is 5.92 Å². The van der Waals surface area contributed by atoms with Gasteiger partial charge in [-0.15, -0.1) is 0 Å². The number of nitrogen functional groups attached to an aromatic ring is 1. The van der Waals surface area contributed by atoms with Gasteiger partial charge < -0.3 is 16.0 Å². The van der Waals surface area contributed by atoms with E-state index in [0.717, 1.165) is 30.8 Å². The maximum Gasteiger partial charge on any atom is 0.220 e. The lowest BCUT2D eigenvalue weighted by molar-refractivity contribution is -0.121. The Morgan fingerprint density at radius 2 is 1.95 bits per heavy atom. The first-order valence-corrected chi connectivity index (χ1v) is 8.01. The summed E-state index contributed by atoms with van der Waals surface area (Å²) in [6.07, 6.45) is 3.73. The number of likely N-dealkylation sites (tertiary alicyclic amines) is 1. The Labute approximate surface area is 127 Å². The summed E-state index contributed by atoms with van der Waals surface area (Å²) in [7, 11) is 0. The molecule has 1 aliphatic heterocycles. The van der Waals surface area contributed by atoms with Crippen LogP contribution in [-0.2, 0) is 11.2 Å². The molecule has 1 aromatic carbocycles. The van der Waals surface area contributed by atoms with Gasteiger partial charge in [-0.25, -0.2) is 0 Å². The minimum absolute atomic E-state index is 0.157. The van der Waals surface area contributed by atoms with Gasteiger partial charge in [0.1, 0.15) is 0 Å². The van der Waals surface area contributed by atoms with Gasteiger partial charge in [0.25, 0.3) is 0 Å². The molecule has 0 aromatic heterocycles. The van der Waals surface area contributed by atoms with Gasteiger partial charge in [-0.3, -0.25) is 4.79 Å². The maximum atomic E-state index is 11.9. The molecule has 0 saturated carbocycles. The summed E-state index contributed by atoms with van der Waals surface area (Å²) in [6, 6.07) is 7.75. The van der Waals surface area contributed by atoms with Crippen LogP contribution in [0.4, 0.5) is 5.69 Å². The van der Waals surface area contributed by atoms with Crippen molar-refractivity contribution in [3.05, 3.63) is 29.8 Å². The normalized spacial score (nSPS) is 16.8. The molecule has 3 N–H and O–H groups in total. The number of aryl methyl sites for hydroxylation is 1. The summed E-state index contributed by atoms with van der Waals surface area (Å²) in [6.45, 7) is 6.52. The van der Waals surface area contributed by atoms with Gasteiger partial charge in [0, 0.05) is 18.7 Å². The second-order valence-electron chi connectivity index (χ2n) is 5.92. The molecule has 0 bridgehead atoms. The average molecular weight is 289 g/mol. The summed E-state index contributed by atoms with van der Waals surface area (Å²) in [5, 5.41) is 3.08. The number of hydrogen-bond donors (Lipinski definition) is 2. The summed E-state index contributed by atoms with van der Waals surface area (Å²) < 4.78 is 0. The molecule has 1 fully saturated rings. The summed E-state index contributed by atoms with van der Waals surface area (Å²) in [4.78, 5) is 14.4. The van der Waals surface area contributed by atoms with Crippen LogP contribution < -0.4 is 11.1 Å². The van der Waals surface area contributed by atoms with Crippen molar-refractivity contribution < 1.29 is 4.79 Å². The first-order chi connectivity index (χ1) is 10.2. The van der Waals surface area contributed by atoms with E-state index in [1.165, 1.54) is 25.9 Å². The number of benzene rings is 1. The first kappa shape index (κ1) is 15.8. The van der Waals surface area contributed by atoms with E-state index in [1.807, 2.05) is 24.3 Å². The summed E-state index contributed by atoms with van der Waals surface area (Å²) in [5.41, 5.74) is 7.58. The molecule has 0 aliphatic carbocycles. The van der Waals surface area contributed by atoms with Crippen molar-refractivity contribution in [2.45, 2.75) is 32.6 Å². The van der Waals surface area contributed by atoms with Crippen LogP contribution in [0.1, 0.15) is 31.7 Å². The fraction of sp³-hybridized carbons (Fsp3) is 0.588. The molecule has 116 valence electrons. The number of amides is 1. The van der Waals surface area contributed by atoms with E-state index in [2.05, 4.69) is 17.1 Å². The Morgan fingerprint density at radius 3 is 2.57 bits per heavy atom. The van der Waals surface area contributed by atoms with Crippen LogP contribution in [0.3, 0.4) is 0 Å². The lowest BCUT2D eigenvalue weighted by Crippen LogP contribution is -2.38. The molecule has 1 heterocycles. The third-order valence-electron chi connectivity index (χ3n) is 4.36. The Balaban J connectivity index is 1.62. The van der Waals surface area contributed by atoms with E-state index in [1.54, 1.807) is 0 Å². The number of carbonyl (C=O) groups is 1. The highest BCUT2D eigenvalue weighted by Gasteiger charge is 2.18. The molecule has 2 rings (SSSR count). The SMILES string of the molecule is CCN1CCC(CNC(=O)CCc2ccc(N)cc2)CC1. The van der Waals surface area contributed by atoms with Crippen molar-refractivity contribution in [3.63, 3.8) is 0 Å². The van der Waals surface area contributed by atoms with Gasteiger partial charge in [0.05, 0.1) is 0 Å². The van der Waals surface area contributed by atoms with Crippen molar-refractivity contribution in [2.24, 2.45) is 5.92 Å². The number of carbonyl (C=O) groups excluding carboxylic acids is 1. The average Bonchev–Trinajstić information content (AvgIpc) is 2.53. The van der Waals surface area contributed by atoms with Crippen LogP contribution in [0.5, 0.6) is 0 Å². The second kappa shape index (κ2) is 8.03. The monoisotopic (exact) mass is 289 g/mol. The zero-order valence-electron chi connectivity index (χ0n) is 13.0. The Kier molecular flexibility index (Phi) is 6.05. The van der Waals surface area contributed by atoms with E-state index in [9.17, 15) is 4.79 Å². The molecular formula is C17H27N3O. The zero-order chi connectivity index (χ0) is 15.1. The number of nitrogens with one attached hydrogen (secondary N) is 1. The van der Waals surface area contributed by atoms with Crippen molar-refractivity contribution in [2.75, 3.05) is 31.9 Å². The minimum atomic E-state index is 0.157. The molecule has 4 heteroatoms. The topological polar surface area (TPSA) is 58.4 Å². The van der Waals surface area contributed by atoms with Gasteiger partial charge >= 0.3 is 0 Å². The van der Waals surface area contributed by atoms with Crippen molar-refractivity contribution >= 4 is 11.6 Å². The molecule has 1 saturated heterocycles. The van der Waals surface area contributed by atoms with E-state index in [0.29, 0.717) is 12.3 Å². The zero-order valence-corrected chi connectivity index (χ0v) is 13.0. The smallest absolute Gasteiger partial charge is 0.220 e. The van der Waals surface area contributed by atoms with Crippen molar-refractivity contribution in [3.8, 4) is 0 Å². The molecule has 1 aromatic rings. The van der Waals surface area contributed by atoms with Crippen LogP contribution in [-0.4, -0.2) is 37.0 Å². The predicted molar refractivity (Wildman–Crippen MR) is 87.0 cm³/mol. The van der Waals surface area contributed by atoms with E-state index >= 15 is 0 Å². The Morgan fingerprint density at radius 1 is 1.29 bits per heavy atom. The lowest BCUT2D eigenvalue weighted by Gasteiger charge is -2.31. The number of hydrogen-bond acceptors (Lipinski definition) is 3. The van der Waals surface area contributed by atoms with Gasteiger partial charge in [0.15, 0.2) is 0 Å². The highest BCUT2D eigenvalue weighted by atomic mass is 16.1. The maximum absolute atomic E-state index is 11.9. The highest BCUT2D eigenvalue weighted by molar-refractivity contribution is 5.76. The molecule has 1 aliphatic rings. The number of rotatable bonds is 6. The van der Waals surface area contributed by atoms with Crippen LogP contribution in [0.15, 0.2) is 24.3 Å². The molecule has 0 atom stereocenters.